The molecule has 1 fully saturated rings. The summed E-state index contributed by atoms with van der Waals surface area (Å²) in [4.78, 5) is 12.8. The summed E-state index contributed by atoms with van der Waals surface area (Å²) in [7, 11) is -0.968. The molecule has 1 saturated heterocycles. The second-order valence-corrected chi connectivity index (χ2v) is 9.53. The zero-order valence-corrected chi connectivity index (χ0v) is 18.8. The quantitative estimate of drug-likeness (QED) is 0.672. The van der Waals surface area contributed by atoms with Crippen LogP contribution in [0.4, 0.5) is 0 Å². The van der Waals surface area contributed by atoms with Gasteiger partial charge in [-0.1, -0.05) is 6.07 Å². The first-order valence-electron chi connectivity index (χ1n) is 10.3. The van der Waals surface area contributed by atoms with E-state index < -0.39 is 15.9 Å². The van der Waals surface area contributed by atoms with Crippen molar-refractivity contribution in [2.75, 3.05) is 34.1 Å². The van der Waals surface area contributed by atoms with Gasteiger partial charge in [0.05, 0.1) is 20.1 Å². The highest BCUT2D eigenvalue weighted by molar-refractivity contribution is 7.89. The van der Waals surface area contributed by atoms with Crippen LogP contribution in [0.15, 0.2) is 41.3 Å². The summed E-state index contributed by atoms with van der Waals surface area (Å²) in [6.45, 7) is 0.961. The van der Waals surface area contributed by atoms with Gasteiger partial charge in [0.2, 0.25) is 22.7 Å². The number of sulfonamides is 1. The number of rotatable bonds is 7. The summed E-state index contributed by atoms with van der Waals surface area (Å²) in [6, 6.07) is 10.1. The fourth-order valence-corrected chi connectivity index (χ4v) is 5.58. The van der Waals surface area contributed by atoms with Crippen molar-refractivity contribution in [3.05, 3.63) is 42.0 Å². The van der Waals surface area contributed by atoms with Crippen LogP contribution in [-0.2, 0) is 21.4 Å². The molecule has 0 bridgehead atoms. The van der Waals surface area contributed by atoms with Gasteiger partial charge in [0.25, 0.3) is 0 Å². The van der Waals surface area contributed by atoms with Gasteiger partial charge in [-0.3, -0.25) is 4.79 Å². The molecular weight excluding hydrogens is 436 g/mol. The van der Waals surface area contributed by atoms with E-state index in [2.05, 4.69) is 5.32 Å². The number of nitrogens with one attached hydrogen (secondary N) is 1. The van der Waals surface area contributed by atoms with Crippen LogP contribution in [0.3, 0.4) is 0 Å². The van der Waals surface area contributed by atoms with E-state index in [1.165, 1.54) is 24.6 Å². The molecule has 2 aliphatic heterocycles. The van der Waals surface area contributed by atoms with Gasteiger partial charge in [0.15, 0.2) is 11.5 Å². The van der Waals surface area contributed by atoms with Crippen LogP contribution in [0.2, 0.25) is 0 Å². The number of fused-ring (bicyclic) bond motifs is 1. The number of ether oxygens (including phenoxy) is 4. The number of hydrogen-bond donors (Lipinski definition) is 1. The lowest BCUT2D eigenvalue weighted by Crippen LogP contribution is -2.45. The molecule has 2 aliphatic rings. The Balaban J connectivity index is 1.44. The van der Waals surface area contributed by atoms with E-state index in [1.54, 1.807) is 18.2 Å². The SMILES string of the molecule is COc1ccc(OC)c(S(=O)(=O)N2CCC[C@@H](C(=O)NCc3ccc4c(c3)OCO4)C2)c1. The third-order valence-electron chi connectivity index (χ3n) is 5.65. The third-order valence-corrected chi connectivity index (χ3v) is 7.53. The van der Waals surface area contributed by atoms with Crippen LogP contribution >= 0.6 is 0 Å². The Hall–Kier alpha value is -2.98. The van der Waals surface area contributed by atoms with Crippen LogP contribution in [0, 0.1) is 5.92 Å². The Bertz CT molecular complexity index is 1100. The molecule has 1 amide bonds. The molecule has 10 heteroatoms. The van der Waals surface area contributed by atoms with Crippen molar-refractivity contribution in [3.63, 3.8) is 0 Å². The van der Waals surface area contributed by atoms with Gasteiger partial charge < -0.3 is 24.3 Å². The highest BCUT2D eigenvalue weighted by Crippen LogP contribution is 2.34. The van der Waals surface area contributed by atoms with Crippen molar-refractivity contribution < 1.29 is 32.2 Å². The van der Waals surface area contributed by atoms with Gasteiger partial charge in [0.1, 0.15) is 16.4 Å². The van der Waals surface area contributed by atoms with Crippen LogP contribution in [0.1, 0.15) is 18.4 Å². The van der Waals surface area contributed by atoms with Crippen molar-refractivity contribution in [2.24, 2.45) is 5.92 Å². The normalized spacial score (nSPS) is 18.2. The zero-order valence-electron chi connectivity index (χ0n) is 18.0. The van der Waals surface area contributed by atoms with Gasteiger partial charge >= 0.3 is 0 Å². The maximum absolute atomic E-state index is 13.3. The molecule has 0 unspecified atom stereocenters. The maximum atomic E-state index is 13.3. The molecule has 0 spiro atoms. The van der Waals surface area contributed by atoms with Gasteiger partial charge in [-0.15, -0.1) is 0 Å². The molecule has 2 heterocycles. The molecular formula is C22H26N2O7S. The number of hydrogen-bond acceptors (Lipinski definition) is 7. The summed E-state index contributed by atoms with van der Waals surface area (Å²) in [6.07, 6.45) is 1.21. The highest BCUT2D eigenvalue weighted by Gasteiger charge is 2.35. The van der Waals surface area contributed by atoms with Crippen molar-refractivity contribution >= 4 is 15.9 Å². The number of nitrogens with zero attached hydrogens (tertiary/aromatic N) is 1. The molecule has 1 N–H and O–H groups in total. The minimum absolute atomic E-state index is 0.0285. The maximum Gasteiger partial charge on any atom is 0.246 e. The largest absolute Gasteiger partial charge is 0.497 e. The van der Waals surface area contributed by atoms with Crippen LogP contribution in [-0.4, -0.2) is 52.7 Å². The van der Waals surface area contributed by atoms with Gasteiger partial charge in [-0.25, -0.2) is 8.42 Å². The van der Waals surface area contributed by atoms with Crippen molar-refractivity contribution in [3.8, 4) is 23.0 Å². The van der Waals surface area contributed by atoms with Gasteiger partial charge in [0, 0.05) is 25.7 Å². The minimum Gasteiger partial charge on any atom is -0.497 e. The summed E-state index contributed by atoms with van der Waals surface area (Å²) in [5.74, 6) is 1.36. The Kier molecular flexibility index (Phi) is 6.43. The number of amides is 1. The first kappa shape index (κ1) is 22.2. The average molecular weight is 463 g/mol. The second-order valence-electron chi connectivity index (χ2n) is 7.62. The van der Waals surface area contributed by atoms with E-state index in [-0.39, 0.29) is 29.9 Å². The molecule has 4 rings (SSSR count). The highest BCUT2D eigenvalue weighted by atomic mass is 32.2. The van der Waals surface area contributed by atoms with E-state index in [4.69, 9.17) is 18.9 Å². The molecule has 32 heavy (non-hydrogen) atoms. The molecule has 1 atom stereocenters. The number of piperidine rings is 1. The molecule has 0 aliphatic carbocycles. The monoisotopic (exact) mass is 462 g/mol. The molecule has 2 aromatic rings. The van der Waals surface area contributed by atoms with Crippen LogP contribution in [0.25, 0.3) is 0 Å². The lowest BCUT2D eigenvalue weighted by Gasteiger charge is -2.31. The average Bonchev–Trinajstić information content (AvgIpc) is 3.30. The van der Waals surface area contributed by atoms with E-state index in [9.17, 15) is 13.2 Å². The molecule has 0 radical (unpaired) electrons. The predicted molar refractivity (Wildman–Crippen MR) is 115 cm³/mol. The van der Waals surface area contributed by atoms with E-state index in [0.29, 0.717) is 43.2 Å². The Morgan fingerprint density at radius 2 is 1.94 bits per heavy atom. The molecule has 0 aromatic heterocycles. The number of carbonyl (C=O) groups excluding carboxylic acids is 1. The Labute approximate surface area is 187 Å². The van der Waals surface area contributed by atoms with E-state index in [0.717, 1.165) is 5.56 Å². The van der Waals surface area contributed by atoms with Crippen LogP contribution < -0.4 is 24.3 Å². The molecule has 9 nitrogen and oxygen atoms in total. The van der Waals surface area contributed by atoms with E-state index >= 15 is 0 Å². The molecule has 2 aromatic carbocycles. The standard InChI is InChI=1S/C22H26N2O7S/c1-28-17-6-8-19(29-2)21(11-17)32(26,27)24-9-3-4-16(13-24)22(25)23-12-15-5-7-18-20(10-15)31-14-30-18/h5-8,10-11,16H,3-4,9,12-14H2,1-2H3,(H,23,25)/t16-/m1/s1. The predicted octanol–water partition coefficient (Wildman–Crippen LogP) is 2.15. The Morgan fingerprint density at radius 1 is 1.12 bits per heavy atom. The minimum atomic E-state index is -3.86. The number of carbonyl (C=O) groups is 1. The van der Waals surface area contributed by atoms with Gasteiger partial charge in [-0.05, 0) is 42.7 Å². The lowest BCUT2D eigenvalue weighted by atomic mass is 9.98. The lowest BCUT2D eigenvalue weighted by molar-refractivity contribution is -0.126. The smallest absolute Gasteiger partial charge is 0.246 e. The molecule has 172 valence electrons. The Morgan fingerprint density at radius 3 is 2.72 bits per heavy atom. The van der Waals surface area contributed by atoms with E-state index in [1.807, 2.05) is 12.1 Å². The van der Waals surface area contributed by atoms with Crippen molar-refractivity contribution in [2.45, 2.75) is 24.3 Å². The number of benzene rings is 2. The topological polar surface area (TPSA) is 103 Å². The summed E-state index contributed by atoms with van der Waals surface area (Å²) in [5, 5.41) is 2.91. The second kappa shape index (κ2) is 9.25. The van der Waals surface area contributed by atoms with Gasteiger partial charge in [-0.2, -0.15) is 4.31 Å². The van der Waals surface area contributed by atoms with Crippen molar-refractivity contribution in [1.82, 2.24) is 9.62 Å². The fraction of sp³-hybridized carbons (Fsp3) is 0.409. The summed E-state index contributed by atoms with van der Waals surface area (Å²) >= 11 is 0. The molecule has 0 saturated carbocycles. The fourth-order valence-electron chi connectivity index (χ4n) is 3.88. The first-order valence-corrected chi connectivity index (χ1v) is 11.7. The summed E-state index contributed by atoms with van der Waals surface area (Å²) in [5.41, 5.74) is 0.879. The zero-order chi connectivity index (χ0) is 22.7. The van der Waals surface area contributed by atoms with Crippen molar-refractivity contribution in [1.29, 1.82) is 0 Å². The number of methoxy groups -OCH3 is 2. The van der Waals surface area contributed by atoms with Crippen LogP contribution in [0.5, 0.6) is 23.0 Å². The summed E-state index contributed by atoms with van der Waals surface area (Å²) < 4.78 is 49.1. The first-order chi connectivity index (χ1) is 15.4. The third kappa shape index (κ3) is 4.46.